The molecule has 0 N–H and O–H groups in total. The van der Waals surface area contributed by atoms with E-state index in [9.17, 15) is 0 Å². The monoisotopic (exact) mass is 215 g/mol. The van der Waals surface area contributed by atoms with E-state index in [1.54, 1.807) is 6.20 Å². The van der Waals surface area contributed by atoms with Gasteiger partial charge in [0.05, 0.1) is 5.69 Å². The lowest BCUT2D eigenvalue weighted by Gasteiger charge is -2.27. The molecule has 0 aliphatic carbocycles. The lowest BCUT2D eigenvalue weighted by Crippen LogP contribution is -2.27. The third kappa shape index (κ3) is 2.52. The van der Waals surface area contributed by atoms with Gasteiger partial charge in [-0.1, -0.05) is 19.3 Å². The highest BCUT2D eigenvalue weighted by Gasteiger charge is 2.12. The molecule has 2 heterocycles. The Hall–Kier alpha value is -1.56. The van der Waals surface area contributed by atoms with E-state index in [1.807, 2.05) is 12.1 Å². The summed E-state index contributed by atoms with van der Waals surface area (Å²) in [5, 5.41) is 9.04. The summed E-state index contributed by atoms with van der Waals surface area (Å²) in [7, 11) is 0. The second-order valence-electron chi connectivity index (χ2n) is 4.24. The topological polar surface area (TPSA) is 39.9 Å². The summed E-state index contributed by atoms with van der Waals surface area (Å²) in [4.78, 5) is 6.43. The smallest absolute Gasteiger partial charge is 0.163 e. The summed E-state index contributed by atoms with van der Waals surface area (Å²) < 4.78 is 0. The maximum atomic E-state index is 9.04. The van der Waals surface area contributed by atoms with Crippen molar-refractivity contribution in [2.24, 2.45) is 0 Å². The highest BCUT2D eigenvalue weighted by Crippen LogP contribution is 2.21. The Morgan fingerprint density at radius 2 is 1.81 bits per heavy atom. The molecule has 3 heteroatoms. The van der Waals surface area contributed by atoms with Crippen LogP contribution in [0.2, 0.25) is 0 Å². The molecular formula is C13H17N3. The third-order valence-corrected chi connectivity index (χ3v) is 3.09. The highest BCUT2D eigenvalue weighted by atomic mass is 15.1. The normalized spacial score (nSPS) is 17.3. The van der Waals surface area contributed by atoms with Gasteiger partial charge in [-0.3, -0.25) is 0 Å². The first-order valence-electron chi connectivity index (χ1n) is 6.02. The zero-order chi connectivity index (χ0) is 11.2. The first-order chi connectivity index (χ1) is 7.92. The number of aromatic nitrogens is 1. The minimum atomic E-state index is 0.558. The van der Waals surface area contributed by atoms with E-state index >= 15 is 0 Å². The van der Waals surface area contributed by atoms with Crippen LogP contribution in [0.15, 0.2) is 18.3 Å². The van der Waals surface area contributed by atoms with E-state index in [0.29, 0.717) is 5.69 Å². The van der Waals surface area contributed by atoms with Crippen LogP contribution >= 0.6 is 0 Å². The van der Waals surface area contributed by atoms with Gasteiger partial charge in [0, 0.05) is 19.3 Å². The van der Waals surface area contributed by atoms with E-state index < -0.39 is 0 Å². The Bertz CT molecular complexity index is 373. The molecule has 0 aromatic carbocycles. The molecule has 0 saturated carbocycles. The lowest BCUT2D eigenvalue weighted by molar-refractivity contribution is 0.556. The van der Waals surface area contributed by atoms with Gasteiger partial charge in [0.1, 0.15) is 6.07 Å². The number of rotatable bonds is 1. The van der Waals surface area contributed by atoms with Gasteiger partial charge in [-0.05, 0) is 25.0 Å². The SMILES string of the molecule is N#Cc1ncccc1N1CCCCCCC1. The molecule has 1 saturated heterocycles. The van der Waals surface area contributed by atoms with E-state index in [2.05, 4.69) is 16.0 Å². The zero-order valence-electron chi connectivity index (χ0n) is 9.52. The molecule has 0 unspecified atom stereocenters. The standard InChI is InChI=1S/C13H17N3/c14-11-12-13(7-6-8-15-12)16-9-4-2-1-3-5-10-16/h6-8H,1-5,9-10H2. The Balaban J connectivity index is 2.17. The van der Waals surface area contributed by atoms with Crippen molar-refractivity contribution in [3.8, 4) is 6.07 Å². The summed E-state index contributed by atoms with van der Waals surface area (Å²) in [5.74, 6) is 0. The van der Waals surface area contributed by atoms with Gasteiger partial charge in [0.2, 0.25) is 0 Å². The van der Waals surface area contributed by atoms with Crippen LogP contribution in [0.3, 0.4) is 0 Å². The van der Waals surface area contributed by atoms with Crippen LogP contribution in [0.5, 0.6) is 0 Å². The number of pyridine rings is 1. The predicted octanol–water partition coefficient (Wildman–Crippen LogP) is 2.72. The number of nitriles is 1. The largest absolute Gasteiger partial charge is 0.369 e. The molecule has 3 nitrogen and oxygen atoms in total. The van der Waals surface area contributed by atoms with E-state index in [-0.39, 0.29) is 0 Å². The van der Waals surface area contributed by atoms with Gasteiger partial charge in [0.25, 0.3) is 0 Å². The molecule has 0 amide bonds. The predicted molar refractivity (Wildman–Crippen MR) is 64.3 cm³/mol. The summed E-state index contributed by atoms with van der Waals surface area (Å²) in [6, 6.07) is 6.09. The number of nitrogens with zero attached hydrogens (tertiary/aromatic N) is 3. The maximum Gasteiger partial charge on any atom is 0.163 e. The number of hydrogen-bond acceptors (Lipinski definition) is 3. The Morgan fingerprint density at radius 1 is 1.12 bits per heavy atom. The van der Waals surface area contributed by atoms with Crippen molar-refractivity contribution in [1.82, 2.24) is 4.98 Å². The summed E-state index contributed by atoms with van der Waals surface area (Å²) in [6.45, 7) is 2.11. The molecule has 1 aromatic rings. The van der Waals surface area contributed by atoms with Gasteiger partial charge in [-0.25, -0.2) is 4.98 Å². The van der Waals surface area contributed by atoms with E-state index in [0.717, 1.165) is 18.8 Å². The van der Waals surface area contributed by atoms with Crippen molar-refractivity contribution in [2.75, 3.05) is 18.0 Å². The fourth-order valence-electron chi connectivity index (χ4n) is 2.23. The minimum absolute atomic E-state index is 0.558. The lowest BCUT2D eigenvalue weighted by atomic mass is 10.1. The molecule has 1 fully saturated rings. The van der Waals surface area contributed by atoms with E-state index in [1.165, 1.54) is 32.1 Å². The molecule has 1 aliphatic heterocycles. The van der Waals surface area contributed by atoms with Crippen molar-refractivity contribution in [1.29, 1.82) is 5.26 Å². The summed E-state index contributed by atoms with van der Waals surface area (Å²) in [6.07, 6.45) is 8.09. The summed E-state index contributed by atoms with van der Waals surface area (Å²) in [5.41, 5.74) is 1.56. The molecule has 0 atom stereocenters. The molecule has 2 rings (SSSR count). The van der Waals surface area contributed by atoms with Crippen LogP contribution in [0.1, 0.15) is 37.8 Å². The number of anilines is 1. The average Bonchev–Trinajstić information content (AvgIpc) is 2.29. The molecular weight excluding hydrogens is 198 g/mol. The first kappa shape index (κ1) is 10.9. The minimum Gasteiger partial charge on any atom is -0.369 e. The van der Waals surface area contributed by atoms with Crippen LogP contribution < -0.4 is 4.90 Å². The second-order valence-corrected chi connectivity index (χ2v) is 4.24. The zero-order valence-corrected chi connectivity index (χ0v) is 9.52. The molecule has 0 radical (unpaired) electrons. The summed E-state index contributed by atoms with van der Waals surface area (Å²) >= 11 is 0. The molecule has 1 aliphatic rings. The van der Waals surface area contributed by atoms with Crippen molar-refractivity contribution in [3.63, 3.8) is 0 Å². The Morgan fingerprint density at radius 3 is 2.50 bits per heavy atom. The molecule has 84 valence electrons. The average molecular weight is 215 g/mol. The van der Waals surface area contributed by atoms with Crippen LogP contribution in [0.4, 0.5) is 5.69 Å². The van der Waals surface area contributed by atoms with Crippen LogP contribution in [-0.2, 0) is 0 Å². The molecule has 1 aromatic heterocycles. The Kier molecular flexibility index (Phi) is 3.76. The van der Waals surface area contributed by atoms with Crippen LogP contribution in [0.25, 0.3) is 0 Å². The van der Waals surface area contributed by atoms with Gasteiger partial charge in [-0.15, -0.1) is 0 Å². The fourth-order valence-corrected chi connectivity index (χ4v) is 2.23. The van der Waals surface area contributed by atoms with Gasteiger partial charge < -0.3 is 4.90 Å². The van der Waals surface area contributed by atoms with Crippen molar-refractivity contribution in [2.45, 2.75) is 32.1 Å². The Labute approximate surface area is 96.7 Å². The molecule has 0 spiro atoms. The third-order valence-electron chi connectivity index (χ3n) is 3.09. The van der Waals surface area contributed by atoms with Crippen molar-refractivity contribution >= 4 is 5.69 Å². The van der Waals surface area contributed by atoms with Crippen LogP contribution in [0, 0.1) is 11.3 Å². The van der Waals surface area contributed by atoms with Gasteiger partial charge >= 0.3 is 0 Å². The molecule has 0 bridgehead atoms. The second kappa shape index (κ2) is 5.50. The van der Waals surface area contributed by atoms with Gasteiger partial charge in [0.15, 0.2) is 5.69 Å². The first-order valence-corrected chi connectivity index (χ1v) is 6.02. The van der Waals surface area contributed by atoms with Crippen molar-refractivity contribution in [3.05, 3.63) is 24.0 Å². The van der Waals surface area contributed by atoms with Crippen LogP contribution in [-0.4, -0.2) is 18.1 Å². The molecule has 16 heavy (non-hydrogen) atoms. The van der Waals surface area contributed by atoms with Gasteiger partial charge in [-0.2, -0.15) is 5.26 Å². The fraction of sp³-hybridized carbons (Fsp3) is 0.538. The quantitative estimate of drug-likeness (QED) is 0.723. The number of hydrogen-bond donors (Lipinski definition) is 0. The highest BCUT2D eigenvalue weighted by molar-refractivity contribution is 5.55. The maximum absolute atomic E-state index is 9.04. The van der Waals surface area contributed by atoms with Crippen molar-refractivity contribution < 1.29 is 0 Å². The van der Waals surface area contributed by atoms with E-state index in [4.69, 9.17) is 5.26 Å².